The molecule has 0 aliphatic rings. The van der Waals surface area contributed by atoms with Crippen molar-refractivity contribution in [1.29, 1.82) is 0 Å². The molecule has 7 heteroatoms. The van der Waals surface area contributed by atoms with Gasteiger partial charge >= 0.3 is 0 Å². The summed E-state index contributed by atoms with van der Waals surface area (Å²) in [6, 6.07) is 5.90. The average Bonchev–Trinajstić information content (AvgIpc) is 2.95. The molecule has 26 heavy (non-hydrogen) atoms. The van der Waals surface area contributed by atoms with Crippen LogP contribution in [0.5, 0.6) is 11.5 Å². The second kappa shape index (κ2) is 10.0. The fourth-order valence-corrected chi connectivity index (χ4v) is 3.38. The third-order valence-electron chi connectivity index (χ3n) is 3.71. The van der Waals surface area contributed by atoms with Crippen molar-refractivity contribution < 1.29 is 9.47 Å². The first-order valence-electron chi connectivity index (χ1n) is 8.82. The maximum absolute atomic E-state index is 5.63. The van der Waals surface area contributed by atoms with Crippen LogP contribution in [-0.4, -0.2) is 31.2 Å². The Morgan fingerprint density at radius 2 is 2.00 bits per heavy atom. The number of thiazole rings is 1. The fraction of sp³-hybridized carbons (Fsp3) is 0.474. The number of hydrogen-bond donors (Lipinski definition) is 2. The van der Waals surface area contributed by atoms with Crippen LogP contribution in [0.1, 0.15) is 35.0 Å². The molecule has 0 amide bonds. The van der Waals surface area contributed by atoms with Gasteiger partial charge in [-0.15, -0.1) is 11.3 Å². The molecule has 0 spiro atoms. The Morgan fingerprint density at radius 3 is 2.62 bits per heavy atom. The van der Waals surface area contributed by atoms with Crippen LogP contribution >= 0.6 is 11.3 Å². The molecule has 1 aromatic carbocycles. The van der Waals surface area contributed by atoms with E-state index in [1.165, 1.54) is 4.88 Å². The Hall–Kier alpha value is -2.28. The molecule has 0 radical (unpaired) electrons. The van der Waals surface area contributed by atoms with Crippen LogP contribution in [0.25, 0.3) is 0 Å². The largest absolute Gasteiger partial charge is 0.493 e. The van der Waals surface area contributed by atoms with Crippen LogP contribution in [-0.2, 0) is 13.1 Å². The summed E-state index contributed by atoms with van der Waals surface area (Å²) in [4.78, 5) is 10.4. The van der Waals surface area contributed by atoms with Gasteiger partial charge in [-0.25, -0.2) is 9.98 Å². The van der Waals surface area contributed by atoms with Gasteiger partial charge in [0.2, 0.25) is 0 Å². The Labute approximate surface area is 159 Å². The van der Waals surface area contributed by atoms with Crippen molar-refractivity contribution in [3.8, 4) is 11.5 Å². The number of guanidine groups is 1. The minimum absolute atomic E-state index is 0.556. The Bertz CT molecular complexity index is 743. The zero-order valence-electron chi connectivity index (χ0n) is 16.2. The zero-order chi connectivity index (χ0) is 18.9. The minimum Gasteiger partial charge on any atom is -0.493 e. The second-order valence-corrected chi connectivity index (χ2v) is 7.00. The van der Waals surface area contributed by atoms with Gasteiger partial charge in [0, 0.05) is 11.4 Å². The van der Waals surface area contributed by atoms with Gasteiger partial charge in [-0.1, -0.05) is 6.07 Å². The quantitative estimate of drug-likeness (QED) is 0.546. The van der Waals surface area contributed by atoms with Crippen molar-refractivity contribution in [3.63, 3.8) is 0 Å². The van der Waals surface area contributed by atoms with E-state index in [-0.39, 0.29) is 0 Å². The van der Waals surface area contributed by atoms with Crippen molar-refractivity contribution in [2.45, 2.75) is 40.8 Å². The fourth-order valence-electron chi connectivity index (χ4n) is 2.50. The number of nitrogens with zero attached hydrogens (tertiary/aromatic N) is 2. The van der Waals surface area contributed by atoms with Crippen LogP contribution in [0.2, 0.25) is 0 Å². The topological polar surface area (TPSA) is 67.8 Å². The lowest BCUT2D eigenvalue weighted by Gasteiger charge is -2.12. The molecule has 2 aromatic rings. The van der Waals surface area contributed by atoms with Gasteiger partial charge in [0.15, 0.2) is 17.5 Å². The van der Waals surface area contributed by atoms with E-state index in [1.807, 2.05) is 39.0 Å². The summed E-state index contributed by atoms with van der Waals surface area (Å²) in [7, 11) is 1.64. The molecule has 1 aromatic heterocycles. The highest BCUT2D eigenvalue weighted by molar-refractivity contribution is 7.11. The van der Waals surface area contributed by atoms with Gasteiger partial charge in [0.05, 0.1) is 37.5 Å². The second-order valence-electron chi connectivity index (χ2n) is 5.71. The lowest BCUT2D eigenvalue weighted by atomic mass is 10.2. The van der Waals surface area contributed by atoms with E-state index in [2.05, 4.69) is 27.5 Å². The molecular formula is C19H28N4O2S. The van der Waals surface area contributed by atoms with Gasteiger partial charge in [-0.3, -0.25) is 0 Å². The van der Waals surface area contributed by atoms with Gasteiger partial charge in [0.25, 0.3) is 0 Å². The summed E-state index contributed by atoms with van der Waals surface area (Å²) in [5, 5.41) is 7.74. The molecule has 0 unspecified atom stereocenters. The number of hydrogen-bond acceptors (Lipinski definition) is 5. The van der Waals surface area contributed by atoms with Crippen molar-refractivity contribution >= 4 is 17.3 Å². The summed E-state index contributed by atoms with van der Waals surface area (Å²) in [6.07, 6.45) is 0. The summed E-state index contributed by atoms with van der Waals surface area (Å²) in [6.45, 7) is 10.8. The molecule has 0 atom stereocenters. The predicted octanol–water partition coefficient (Wildman–Crippen LogP) is 3.42. The van der Waals surface area contributed by atoms with Gasteiger partial charge in [-0.2, -0.15) is 0 Å². The average molecular weight is 377 g/mol. The zero-order valence-corrected chi connectivity index (χ0v) is 17.0. The van der Waals surface area contributed by atoms with Crippen LogP contribution in [0.4, 0.5) is 0 Å². The lowest BCUT2D eigenvalue weighted by molar-refractivity contribution is 0.310. The number of rotatable bonds is 8. The van der Waals surface area contributed by atoms with E-state index in [9.17, 15) is 0 Å². The smallest absolute Gasteiger partial charge is 0.191 e. The number of aryl methyl sites for hydroxylation is 2. The standard InChI is InChI=1S/C19H28N4O2S/c1-6-20-19(22-12-18-13(3)23-14(4)26-18)21-11-15-8-9-16(24-5)17(10-15)25-7-2/h8-10H,6-7,11-12H2,1-5H3,(H2,20,21,22). The summed E-state index contributed by atoms with van der Waals surface area (Å²) in [5.41, 5.74) is 2.14. The van der Waals surface area contributed by atoms with Crippen molar-refractivity contribution in [2.24, 2.45) is 4.99 Å². The van der Waals surface area contributed by atoms with Crippen LogP contribution in [0.3, 0.4) is 0 Å². The monoisotopic (exact) mass is 376 g/mol. The van der Waals surface area contributed by atoms with Crippen molar-refractivity contribution in [3.05, 3.63) is 39.3 Å². The molecule has 6 nitrogen and oxygen atoms in total. The molecular weight excluding hydrogens is 348 g/mol. The van der Waals surface area contributed by atoms with E-state index in [0.29, 0.717) is 13.2 Å². The minimum atomic E-state index is 0.556. The van der Waals surface area contributed by atoms with E-state index in [1.54, 1.807) is 18.4 Å². The molecule has 0 saturated carbocycles. The summed E-state index contributed by atoms with van der Waals surface area (Å²) < 4.78 is 11.0. The summed E-state index contributed by atoms with van der Waals surface area (Å²) in [5.74, 6) is 2.27. The third kappa shape index (κ3) is 5.62. The van der Waals surface area contributed by atoms with E-state index in [4.69, 9.17) is 9.47 Å². The highest BCUT2D eigenvalue weighted by Gasteiger charge is 2.07. The molecule has 142 valence electrons. The number of benzene rings is 1. The van der Waals surface area contributed by atoms with E-state index < -0.39 is 0 Å². The normalized spacial score (nSPS) is 11.3. The first kappa shape index (κ1) is 20.0. The first-order chi connectivity index (χ1) is 12.6. The molecule has 0 saturated heterocycles. The Morgan fingerprint density at radius 1 is 1.19 bits per heavy atom. The summed E-state index contributed by atoms with van der Waals surface area (Å²) >= 11 is 1.71. The highest BCUT2D eigenvalue weighted by Crippen LogP contribution is 2.28. The Kier molecular flexibility index (Phi) is 7.72. The molecule has 1 heterocycles. The highest BCUT2D eigenvalue weighted by atomic mass is 32.1. The van der Waals surface area contributed by atoms with E-state index in [0.717, 1.165) is 46.8 Å². The number of ether oxygens (including phenoxy) is 2. The van der Waals surface area contributed by atoms with Gasteiger partial charge in [-0.05, 0) is 45.4 Å². The van der Waals surface area contributed by atoms with Crippen molar-refractivity contribution in [1.82, 2.24) is 15.6 Å². The van der Waals surface area contributed by atoms with Crippen LogP contribution in [0, 0.1) is 13.8 Å². The van der Waals surface area contributed by atoms with Crippen LogP contribution < -0.4 is 20.1 Å². The predicted molar refractivity (Wildman–Crippen MR) is 107 cm³/mol. The molecule has 2 N–H and O–H groups in total. The first-order valence-corrected chi connectivity index (χ1v) is 9.63. The van der Waals surface area contributed by atoms with Crippen molar-refractivity contribution in [2.75, 3.05) is 20.3 Å². The molecule has 0 bridgehead atoms. The van der Waals surface area contributed by atoms with Gasteiger partial charge in [0.1, 0.15) is 0 Å². The third-order valence-corrected chi connectivity index (χ3v) is 4.78. The molecule has 0 aliphatic heterocycles. The number of methoxy groups -OCH3 is 1. The maximum atomic E-state index is 5.63. The number of aromatic nitrogens is 1. The van der Waals surface area contributed by atoms with E-state index >= 15 is 0 Å². The number of aliphatic imine (C=N–C) groups is 1. The van der Waals surface area contributed by atoms with Crippen LogP contribution in [0.15, 0.2) is 23.2 Å². The lowest BCUT2D eigenvalue weighted by Crippen LogP contribution is -2.36. The molecule has 2 rings (SSSR count). The maximum Gasteiger partial charge on any atom is 0.191 e. The molecule has 0 fully saturated rings. The Balaban J connectivity index is 2.06. The number of nitrogens with one attached hydrogen (secondary N) is 2. The molecule has 0 aliphatic carbocycles. The SMILES string of the molecule is CCNC(=NCc1ccc(OC)c(OCC)c1)NCc1sc(C)nc1C. The van der Waals surface area contributed by atoms with Gasteiger partial charge < -0.3 is 20.1 Å².